The molecule has 0 aromatic carbocycles. The smallest absolute Gasteiger partial charge is 0.105 e. The Labute approximate surface area is 30.9 Å². The lowest BCUT2D eigenvalue weighted by Crippen LogP contribution is -1.79. The van der Waals surface area contributed by atoms with E-state index in [-0.39, 0.29) is 5.76 Å². The van der Waals surface area contributed by atoms with Gasteiger partial charge in [-0.05, 0) is 6.92 Å². The molecule has 0 rings (SSSR count). The minimum atomic E-state index is 0.157. The van der Waals surface area contributed by atoms with Crippen LogP contribution in [0.25, 0.3) is 0 Å². The third kappa shape index (κ3) is 3.34. The lowest BCUT2D eigenvalue weighted by atomic mass is 10.6. The average molecular weight is 73.1 g/mol. The molecular formula is C3H7NO. The van der Waals surface area contributed by atoms with E-state index < -0.39 is 0 Å². The van der Waals surface area contributed by atoms with Gasteiger partial charge in [0, 0.05) is 6.20 Å². The van der Waals surface area contributed by atoms with Crippen LogP contribution in [0.4, 0.5) is 0 Å². The van der Waals surface area contributed by atoms with Crippen LogP contribution in [0.5, 0.6) is 0 Å². The lowest BCUT2D eigenvalue weighted by molar-refractivity contribution is 0.412. The molecule has 0 fully saturated rings. The number of aliphatic hydroxyl groups excluding tert-OH is 1. The zero-order valence-corrected chi connectivity index (χ0v) is 3.10. The first-order valence-corrected chi connectivity index (χ1v) is 1.35. The van der Waals surface area contributed by atoms with E-state index in [4.69, 9.17) is 10.8 Å². The van der Waals surface area contributed by atoms with Crippen LogP contribution in [0, 0.1) is 0 Å². The van der Waals surface area contributed by atoms with Gasteiger partial charge < -0.3 is 10.8 Å². The molecule has 2 nitrogen and oxygen atoms in total. The molecule has 0 heterocycles. The lowest BCUT2D eigenvalue weighted by Gasteiger charge is -1.75. The summed E-state index contributed by atoms with van der Waals surface area (Å²) < 4.78 is 0. The van der Waals surface area contributed by atoms with Crippen molar-refractivity contribution >= 4 is 0 Å². The molecule has 0 atom stereocenters. The van der Waals surface area contributed by atoms with Gasteiger partial charge in [-0.1, -0.05) is 0 Å². The summed E-state index contributed by atoms with van der Waals surface area (Å²) in [4.78, 5) is 0. The van der Waals surface area contributed by atoms with Crippen molar-refractivity contribution in [2.24, 2.45) is 5.73 Å². The Morgan fingerprint density at radius 2 is 2.20 bits per heavy atom. The molecule has 0 unspecified atom stereocenters. The number of aliphatic hydroxyl groups is 1. The van der Waals surface area contributed by atoms with Crippen LogP contribution < -0.4 is 5.73 Å². The van der Waals surface area contributed by atoms with Crippen LogP contribution in [0.3, 0.4) is 0 Å². The highest BCUT2D eigenvalue weighted by Crippen LogP contribution is 1.71. The van der Waals surface area contributed by atoms with Gasteiger partial charge in [-0.25, -0.2) is 0 Å². The van der Waals surface area contributed by atoms with Crippen LogP contribution in [-0.2, 0) is 0 Å². The van der Waals surface area contributed by atoms with Gasteiger partial charge in [-0.15, -0.1) is 0 Å². The minimum Gasteiger partial charge on any atom is -0.511 e. The molecule has 0 aromatic heterocycles. The SMILES string of the molecule is C/C(O)=C\N. The standard InChI is InChI=1S/C3H7NO/c1-3(5)2-4/h2,5H,4H2,1H3/b3-2+. The van der Waals surface area contributed by atoms with Gasteiger partial charge in [0.15, 0.2) is 0 Å². The first kappa shape index (κ1) is 4.34. The maximum Gasteiger partial charge on any atom is 0.105 e. The second kappa shape index (κ2) is 1.64. The predicted molar refractivity (Wildman–Crippen MR) is 20.6 cm³/mol. The van der Waals surface area contributed by atoms with E-state index in [1.165, 1.54) is 6.92 Å². The molecule has 0 aliphatic rings. The second-order valence-corrected chi connectivity index (χ2v) is 0.808. The summed E-state index contributed by atoms with van der Waals surface area (Å²) in [6, 6.07) is 0. The summed E-state index contributed by atoms with van der Waals surface area (Å²) in [5.41, 5.74) is 4.76. The van der Waals surface area contributed by atoms with Crippen LogP contribution in [0.1, 0.15) is 6.92 Å². The summed E-state index contributed by atoms with van der Waals surface area (Å²) in [6.45, 7) is 1.51. The molecule has 0 saturated carbocycles. The van der Waals surface area contributed by atoms with E-state index in [1.807, 2.05) is 0 Å². The van der Waals surface area contributed by atoms with E-state index in [1.54, 1.807) is 0 Å². The highest BCUT2D eigenvalue weighted by molar-refractivity contribution is 4.78. The largest absolute Gasteiger partial charge is 0.511 e. The van der Waals surface area contributed by atoms with Gasteiger partial charge in [0.2, 0.25) is 0 Å². The molecule has 0 saturated heterocycles. The maximum atomic E-state index is 8.10. The number of rotatable bonds is 0. The Balaban J connectivity index is 3.14. The van der Waals surface area contributed by atoms with Crippen molar-refractivity contribution in [3.05, 3.63) is 12.0 Å². The zero-order valence-electron chi connectivity index (χ0n) is 3.10. The molecule has 0 radical (unpaired) electrons. The molecule has 5 heavy (non-hydrogen) atoms. The Morgan fingerprint density at radius 1 is 2.00 bits per heavy atom. The van der Waals surface area contributed by atoms with E-state index in [9.17, 15) is 0 Å². The molecule has 0 aliphatic carbocycles. The number of nitrogens with two attached hydrogens (primary N) is 1. The number of allylic oxidation sites excluding steroid dienone is 1. The Bertz CT molecular complexity index is 44.9. The zero-order chi connectivity index (χ0) is 4.28. The van der Waals surface area contributed by atoms with Crippen molar-refractivity contribution in [2.75, 3.05) is 0 Å². The quantitative estimate of drug-likeness (QED) is 0.407. The highest BCUT2D eigenvalue weighted by Gasteiger charge is 1.63. The molecule has 30 valence electrons. The van der Waals surface area contributed by atoms with Crippen LogP contribution in [0.2, 0.25) is 0 Å². The van der Waals surface area contributed by atoms with E-state index >= 15 is 0 Å². The summed E-state index contributed by atoms with van der Waals surface area (Å²) in [5.74, 6) is 0.157. The van der Waals surface area contributed by atoms with Crippen LogP contribution >= 0.6 is 0 Å². The average Bonchev–Trinajstić information content (AvgIpc) is 1.38. The highest BCUT2D eigenvalue weighted by atomic mass is 16.3. The summed E-state index contributed by atoms with van der Waals surface area (Å²) >= 11 is 0. The summed E-state index contributed by atoms with van der Waals surface area (Å²) in [7, 11) is 0. The van der Waals surface area contributed by atoms with Crippen LogP contribution in [0.15, 0.2) is 12.0 Å². The molecule has 0 aromatic rings. The third-order valence-corrected chi connectivity index (χ3v) is 0.241. The van der Waals surface area contributed by atoms with Crippen LogP contribution in [-0.4, -0.2) is 5.11 Å². The van der Waals surface area contributed by atoms with Crippen molar-refractivity contribution in [3.8, 4) is 0 Å². The van der Waals surface area contributed by atoms with Crippen molar-refractivity contribution in [1.82, 2.24) is 0 Å². The summed E-state index contributed by atoms with van der Waals surface area (Å²) in [6.07, 6.45) is 1.14. The second-order valence-electron chi connectivity index (χ2n) is 0.808. The molecular weight excluding hydrogens is 66.0 g/mol. The van der Waals surface area contributed by atoms with E-state index in [0.29, 0.717) is 0 Å². The van der Waals surface area contributed by atoms with Gasteiger partial charge >= 0.3 is 0 Å². The Hall–Kier alpha value is -0.660. The van der Waals surface area contributed by atoms with E-state index in [2.05, 4.69) is 0 Å². The Morgan fingerprint density at radius 3 is 2.20 bits per heavy atom. The van der Waals surface area contributed by atoms with Crippen molar-refractivity contribution in [3.63, 3.8) is 0 Å². The summed E-state index contributed by atoms with van der Waals surface area (Å²) in [5, 5.41) is 8.10. The molecule has 0 spiro atoms. The fourth-order valence-electron chi connectivity index (χ4n) is 0. The van der Waals surface area contributed by atoms with Gasteiger partial charge in [0.25, 0.3) is 0 Å². The van der Waals surface area contributed by atoms with Crippen molar-refractivity contribution in [2.45, 2.75) is 6.92 Å². The monoisotopic (exact) mass is 73.1 g/mol. The molecule has 2 heteroatoms. The molecule has 0 aliphatic heterocycles. The number of hydrogen-bond acceptors (Lipinski definition) is 2. The molecule has 0 amide bonds. The maximum absolute atomic E-state index is 8.10. The van der Waals surface area contributed by atoms with Gasteiger partial charge in [-0.3, -0.25) is 0 Å². The Kier molecular flexibility index (Phi) is 1.42. The van der Waals surface area contributed by atoms with Gasteiger partial charge in [0.05, 0.1) is 0 Å². The van der Waals surface area contributed by atoms with Crippen molar-refractivity contribution < 1.29 is 5.11 Å². The first-order chi connectivity index (χ1) is 2.27. The topological polar surface area (TPSA) is 46.2 Å². The van der Waals surface area contributed by atoms with Crippen molar-refractivity contribution in [1.29, 1.82) is 0 Å². The first-order valence-electron chi connectivity index (χ1n) is 1.35. The molecule has 0 bridgehead atoms. The van der Waals surface area contributed by atoms with E-state index in [0.717, 1.165) is 6.20 Å². The minimum absolute atomic E-state index is 0.157. The van der Waals surface area contributed by atoms with Gasteiger partial charge in [0.1, 0.15) is 5.76 Å². The fourth-order valence-corrected chi connectivity index (χ4v) is 0. The number of hydrogen-bond donors (Lipinski definition) is 2. The predicted octanol–water partition coefficient (Wildman–Crippen LogP) is 0.364. The molecule has 3 N–H and O–H groups in total. The normalized spacial score (nSPS) is 11.8. The fraction of sp³-hybridized carbons (Fsp3) is 0.333. The third-order valence-electron chi connectivity index (χ3n) is 0.241. The van der Waals surface area contributed by atoms with Gasteiger partial charge in [-0.2, -0.15) is 0 Å².